The quantitative estimate of drug-likeness (QED) is 0.918. The van der Waals surface area contributed by atoms with Gasteiger partial charge >= 0.3 is 0 Å². The highest BCUT2D eigenvalue weighted by molar-refractivity contribution is 6.32. The normalized spacial score (nSPS) is 20.2. The molecule has 1 N–H and O–H groups in total. The monoisotopic (exact) mass is 275 g/mol. The molecule has 1 aromatic rings. The molecular weight excluding hydrogens is 261 g/mol. The molecule has 1 atom stereocenters. The molecule has 1 aliphatic heterocycles. The topological polar surface area (TPSA) is 47.0 Å². The first-order valence-electron chi connectivity index (χ1n) is 5.80. The first-order chi connectivity index (χ1) is 8.25. The number of nitrogens with zero attached hydrogens (tertiary/aromatic N) is 2. The summed E-state index contributed by atoms with van der Waals surface area (Å²) >= 11 is 11.6. The van der Waals surface area contributed by atoms with E-state index in [1.807, 2.05) is 0 Å². The molecule has 4 nitrogen and oxygen atoms in total. The molecule has 6 heteroatoms. The molecule has 1 aromatic heterocycles. The van der Waals surface area contributed by atoms with Gasteiger partial charge in [0.15, 0.2) is 16.1 Å². The Morgan fingerprint density at radius 1 is 1.35 bits per heavy atom. The van der Waals surface area contributed by atoms with Crippen molar-refractivity contribution in [2.45, 2.75) is 31.7 Å². The molecule has 0 saturated carbocycles. The Morgan fingerprint density at radius 2 is 2.24 bits per heavy atom. The predicted molar refractivity (Wildman–Crippen MR) is 67.8 cm³/mol. The van der Waals surface area contributed by atoms with Gasteiger partial charge < -0.3 is 10.1 Å². The Morgan fingerprint density at radius 3 is 3.00 bits per heavy atom. The number of hydrogen-bond donors (Lipinski definition) is 1. The van der Waals surface area contributed by atoms with Crippen LogP contribution in [0.15, 0.2) is 6.07 Å². The smallest absolute Gasteiger partial charge is 0.193 e. The number of piperidine rings is 1. The van der Waals surface area contributed by atoms with Gasteiger partial charge in [-0.2, -0.15) is 0 Å². The highest BCUT2D eigenvalue weighted by Gasteiger charge is 2.13. The van der Waals surface area contributed by atoms with Gasteiger partial charge in [-0.25, -0.2) is 0 Å². The average molecular weight is 276 g/mol. The molecule has 94 valence electrons. The molecule has 0 aromatic carbocycles. The van der Waals surface area contributed by atoms with Crippen LogP contribution in [0.4, 0.5) is 0 Å². The van der Waals surface area contributed by atoms with E-state index in [1.165, 1.54) is 19.3 Å². The van der Waals surface area contributed by atoms with E-state index >= 15 is 0 Å². The van der Waals surface area contributed by atoms with Gasteiger partial charge in [0.2, 0.25) is 0 Å². The zero-order valence-electron chi connectivity index (χ0n) is 9.46. The van der Waals surface area contributed by atoms with Gasteiger partial charge in [-0.15, -0.1) is 10.2 Å². The second-order valence-electron chi connectivity index (χ2n) is 4.11. The highest BCUT2D eigenvalue weighted by atomic mass is 35.5. The van der Waals surface area contributed by atoms with E-state index in [1.54, 1.807) is 6.07 Å². The summed E-state index contributed by atoms with van der Waals surface area (Å²) in [4.78, 5) is 0. The summed E-state index contributed by atoms with van der Waals surface area (Å²) in [5.41, 5.74) is 0. The van der Waals surface area contributed by atoms with Crippen LogP contribution in [0.5, 0.6) is 5.75 Å². The van der Waals surface area contributed by atoms with E-state index in [-0.39, 0.29) is 5.15 Å². The van der Waals surface area contributed by atoms with Crippen LogP contribution in [0, 0.1) is 0 Å². The molecule has 0 radical (unpaired) electrons. The fourth-order valence-corrected chi connectivity index (χ4v) is 2.20. The van der Waals surface area contributed by atoms with Crippen LogP contribution in [0.1, 0.15) is 25.7 Å². The number of aromatic nitrogens is 2. The molecule has 17 heavy (non-hydrogen) atoms. The Bertz CT molecular complexity index is 370. The third kappa shape index (κ3) is 3.98. The van der Waals surface area contributed by atoms with E-state index in [2.05, 4.69) is 15.5 Å². The van der Waals surface area contributed by atoms with E-state index in [0.29, 0.717) is 23.6 Å². The first-order valence-corrected chi connectivity index (χ1v) is 6.56. The maximum atomic E-state index is 5.84. The van der Waals surface area contributed by atoms with Crippen molar-refractivity contribution in [1.29, 1.82) is 0 Å². The molecule has 0 spiro atoms. The number of rotatable bonds is 4. The SMILES string of the molecule is Clc1cc(OCCC2CCCCN2)c(Cl)nn1. The van der Waals surface area contributed by atoms with Crippen LogP contribution < -0.4 is 10.1 Å². The minimum atomic E-state index is 0.256. The van der Waals surface area contributed by atoms with E-state index < -0.39 is 0 Å². The lowest BCUT2D eigenvalue weighted by atomic mass is 10.0. The summed E-state index contributed by atoms with van der Waals surface area (Å²) in [6.07, 6.45) is 4.75. The average Bonchev–Trinajstić information content (AvgIpc) is 2.35. The molecule has 0 bridgehead atoms. The Balaban J connectivity index is 1.79. The number of nitrogens with one attached hydrogen (secondary N) is 1. The molecule has 1 fully saturated rings. The lowest BCUT2D eigenvalue weighted by Gasteiger charge is -2.23. The van der Waals surface area contributed by atoms with Crippen molar-refractivity contribution in [3.05, 3.63) is 16.4 Å². The zero-order chi connectivity index (χ0) is 12.1. The molecule has 2 heterocycles. The zero-order valence-corrected chi connectivity index (χ0v) is 11.0. The molecule has 0 aliphatic carbocycles. The summed E-state index contributed by atoms with van der Waals surface area (Å²) in [7, 11) is 0. The fraction of sp³-hybridized carbons (Fsp3) is 0.636. The lowest BCUT2D eigenvalue weighted by Crippen LogP contribution is -2.35. The van der Waals surface area contributed by atoms with E-state index in [4.69, 9.17) is 27.9 Å². The van der Waals surface area contributed by atoms with Crippen molar-refractivity contribution in [1.82, 2.24) is 15.5 Å². The van der Waals surface area contributed by atoms with Crippen LogP contribution in [-0.4, -0.2) is 29.4 Å². The minimum Gasteiger partial charge on any atom is -0.490 e. The third-order valence-electron chi connectivity index (χ3n) is 2.82. The van der Waals surface area contributed by atoms with Crippen LogP contribution in [0.2, 0.25) is 10.3 Å². The van der Waals surface area contributed by atoms with Crippen molar-refractivity contribution in [3.8, 4) is 5.75 Å². The van der Waals surface area contributed by atoms with E-state index in [9.17, 15) is 0 Å². The molecular formula is C11H15Cl2N3O. The highest BCUT2D eigenvalue weighted by Crippen LogP contribution is 2.23. The Hall–Kier alpha value is -0.580. The molecule has 1 aliphatic rings. The molecule has 2 rings (SSSR count). The van der Waals surface area contributed by atoms with Crippen molar-refractivity contribution >= 4 is 23.2 Å². The van der Waals surface area contributed by atoms with Gasteiger partial charge in [-0.1, -0.05) is 29.6 Å². The second-order valence-corrected chi connectivity index (χ2v) is 4.85. The second kappa shape index (κ2) is 6.38. The van der Waals surface area contributed by atoms with Gasteiger partial charge in [0.25, 0.3) is 0 Å². The maximum Gasteiger partial charge on any atom is 0.193 e. The first kappa shape index (κ1) is 12.9. The molecule has 1 saturated heterocycles. The number of hydrogen-bond acceptors (Lipinski definition) is 4. The number of halogens is 2. The van der Waals surface area contributed by atoms with Crippen molar-refractivity contribution in [2.75, 3.05) is 13.2 Å². The van der Waals surface area contributed by atoms with Gasteiger partial charge in [-0.05, 0) is 25.8 Å². The predicted octanol–water partition coefficient (Wildman–Crippen LogP) is 2.69. The summed E-state index contributed by atoms with van der Waals surface area (Å²) < 4.78 is 5.56. The fourth-order valence-electron chi connectivity index (χ4n) is 1.92. The molecule has 0 amide bonds. The minimum absolute atomic E-state index is 0.256. The Labute approximate surface area is 111 Å². The van der Waals surface area contributed by atoms with Crippen LogP contribution in [-0.2, 0) is 0 Å². The summed E-state index contributed by atoms with van der Waals surface area (Å²) in [5, 5.41) is 11.3. The van der Waals surface area contributed by atoms with Crippen molar-refractivity contribution in [2.24, 2.45) is 0 Å². The standard InChI is InChI=1S/C11H15Cl2N3O/c12-10-7-9(11(13)16-15-10)17-6-4-8-3-1-2-5-14-8/h7-8,14H,1-6H2. The van der Waals surface area contributed by atoms with Gasteiger partial charge in [0.1, 0.15) is 0 Å². The van der Waals surface area contributed by atoms with Crippen molar-refractivity contribution in [3.63, 3.8) is 0 Å². The van der Waals surface area contributed by atoms with Gasteiger partial charge in [-0.3, -0.25) is 0 Å². The van der Waals surface area contributed by atoms with Gasteiger partial charge in [0.05, 0.1) is 6.61 Å². The third-order valence-corrected chi connectivity index (χ3v) is 3.27. The number of ether oxygens (including phenoxy) is 1. The molecule has 1 unspecified atom stereocenters. The van der Waals surface area contributed by atoms with E-state index in [0.717, 1.165) is 13.0 Å². The maximum absolute atomic E-state index is 5.84. The Kier molecular flexibility index (Phi) is 4.83. The summed E-state index contributed by atoms with van der Waals surface area (Å²) in [5.74, 6) is 0.502. The van der Waals surface area contributed by atoms with Crippen LogP contribution in [0.3, 0.4) is 0 Å². The lowest BCUT2D eigenvalue weighted by molar-refractivity contribution is 0.267. The van der Waals surface area contributed by atoms with Crippen LogP contribution in [0.25, 0.3) is 0 Å². The summed E-state index contributed by atoms with van der Waals surface area (Å²) in [6, 6.07) is 2.14. The summed E-state index contributed by atoms with van der Waals surface area (Å²) in [6.45, 7) is 1.72. The van der Waals surface area contributed by atoms with Crippen LogP contribution >= 0.6 is 23.2 Å². The van der Waals surface area contributed by atoms with Gasteiger partial charge in [0, 0.05) is 12.1 Å². The largest absolute Gasteiger partial charge is 0.490 e. The van der Waals surface area contributed by atoms with Crippen molar-refractivity contribution < 1.29 is 4.74 Å².